The van der Waals surface area contributed by atoms with E-state index in [1.165, 1.54) is 22.5 Å². The maximum absolute atomic E-state index is 13.3. The van der Waals surface area contributed by atoms with E-state index in [1.54, 1.807) is 19.6 Å². The van der Waals surface area contributed by atoms with Gasteiger partial charge in [-0.2, -0.15) is 0 Å². The van der Waals surface area contributed by atoms with Gasteiger partial charge in [0.25, 0.3) is 0 Å². The Bertz CT molecular complexity index is 1430. The van der Waals surface area contributed by atoms with Crippen LogP contribution in [0.3, 0.4) is 0 Å². The average molecular weight is 497 g/mol. The van der Waals surface area contributed by atoms with Gasteiger partial charge in [-0.1, -0.05) is 18.2 Å². The van der Waals surface area contributed by atoms with Crippen LogP contribution >= 0.6 is 0 Å². The molecule has 0 saturated carbocycles. The molecule has 37 heavy (non-hydrogen) atoms. The molecule has 4 heterocycles. The van der Waals surface area contributed by atoms with Gasteiger partial charge in [0.05, 0.1) is 13.4 Å². The van der Waals surface area contributed by atoms with Crippen LogP contribution in [0.25, 0.3) is 11.2 Å². The number of imidazole rings is 1. The van der Waals surface area contributed by atoms with Gasteiger partial charge in [-0.25, -0.2) is 9.97 Å². The lowest BCUT2D eigenvalue weighted by molar-refractivity contribution is -0.134. The van der Waals surface area contributed by atoms with Crippen molar-refractivity contribution in [2.45, 2.75) is 32.5 Å². The van der Waals surface area contributed by atoms with E-state index in [0.717, 1.165) is 49.5 Å². The summed E-state index contributed by atoms with van der Waals surface area (Å²) >= 11 is 0. The summed E-state index contributed by atoms with van der Waals surface area (Å²) in [5, 5.41) is 0. The molecular weight excluding hydrogens is 464 g/mol. The number of fused-ring (bicyclic) bond motifs is 2. The van der Waals surface area contributed by atoms with Gasteiger partial charge in [0.2, 0.25) is 5.91 Å². The Balaban J connectivity index is 1.17. The fourth-order valence-electron chi connectivity index (χ4n) is 5.68. The Hall–Kier alpha value is -4.07. The lowest BCUT2D eigenvalue weighted by atomic mass is 9.96. The SMILES string of the molecule is COc1cccc(N2CCc3cccc(N4CCN(C(=O)Cn5cnc6cccnc65)C(C)C4)c3C2)c1. The average Bonchev–Trinajstić information content (AvgIpc) is 3.35. The van der Waals surface area contributed by atoms with E-state index >= 15 is 0 Å². The number of ether oxygens (including phenoxy) is 1. The summed E-state index contributed by atoms with van der Waals surface area (Å²) in [5.74, 6) is 0.988. The number of aromatic nitrogens is 3. The molecule has 8 heteroatoms. The van der Waals surface area contributed by atoms with E-state index in [-0.39, 0.29) is 18.5 Å². The second kappa shape index (κ2) is 9.76. The first-order valence-electron chi connectivity index (χ1n) is 12.9. The Labute approximate surface area is 217 Å². The second-order valence-corrected chi connectivity index (χ2v) is 9.89. The highest BCUT2D eigenvalue weighted by molar-refractivity contribution is 5.79. The van der Waals surface area contributed by atoms with Crippen LogP contribution in [0.1, 0.15) is 18.1 Å². The molecule has 0 N–H and O–H groups in total. The Morgan fingerprint density at radius 3 is 2.78 bits per heavy atom. The number of carbonyl (C=O) groups excluding carboxylic acids is 1. The summed E-state index contributed by atoms with van der Waals surface area (Å²) in [5.41, 5.74) is 6.84. The predicted octanol–water partition coefficient (Wildman–Crippen LogP) is 3.74. The zero-order valence-electron chi connectivity index (χ0n) is 21.4. The van der Waals surface area contributed by atoms with Crippen molar-refractivity contribution in [2.75, 3.05) is 43.1 Å². The second-order valence-electron chi connectivity index (χ2n) is 9.89. The first-order chi connectivity index (χ1) is 18.1. The van der Waals surface area contributed by atoms with Crippen LogP contribution in [-0.4, -0.2) is 64.7 Å². The smallest absolute Gasteiger partial charge is 0.242 e. The highest BCUT2D eigenvalue weighted by atomic mass is 16.5. The largest absolute Gasteiger partial charge is 0.497 e. The lowest BCUT2D eigenvalue weighted by Crippen LogP contribution is -2.55. The normalized spacial score (nSPS) is 17.7. The molecule has 2 aromatic carbocycles. The number of hydrogen-bond donors (Lipinski definition) is 0. The summed E-state index contributed by atoms with van der Waals surface area (Å²) in [6.45, 7) is 6.58. The van der Waals surface area contributed by atoms with Crippen molar-refractivity contribution in [3.05, 3.63) is 78.2 Å². The Morgan fingerprint density at radius 1 is 1.03 bits per heavy atom. The maximum atomic E-state index is 13.3. The van der Waals surface area contributed by atoms with Gasteiger partial charge in [0.1, 0.15) is 17.8 Å². The summed E-state index contributed by atoms with van der Waals surface area (Å²) in [6.07, 6.45) is 4.46. The topological polar surface area (TPSA) is 66.7 Å². The molecule has 190 valence electrons. The molecule has 8 nitrogen and oxygen atoms in total. The van der Waals surface area contributed by atoms with Gasteiger partial charge in [-0.3, -0.25) is 4.79 Å². The Kier molecular flexibility index (Phi) is 6.16. The fraction of sp³-hybridized carbons (Fsp3) is 0.345. The first kappa shape index (κ1) is 23.3. The van der Waals surface area contributed by atoms with E-state index in [1.807, 2.05) is 27.7 Å². The van der Waals surface area contributed by atoms with Crippen LogP contribution in [0.5, 0.6) is 5.75 Å². The third-order valence-electron chi connectivity index (χ3n) is 7.64. The highest BCUT2D eigenvalue weighted by Crippen LogP contribution is 2.33. The number of nitrogens with zero attached hydrogens (tertiary/aromatic N) is 6. The van der Waals surface area contributed by atoms with Crippen LogP contribution in [0.4, 0.5) is 11.4 Å². The molecular formula is C29H32N6O2. The summed E-state index contributed by atoms with van der Waals surface area (Å²) in [7, 11) is 1.71. The number of carbonyl (C=O) groups is 1. The van der Waals surface area contributed by atoms with Crippen molar-refractivity contribution >= 4 is 28.4 Å². The molecule has 1 saturated heterocycles. The van der Waals surface area contributed by atoms with Crippen molar-refractivity contribution in [1.29, 1.82) is 0 Å². The molecule has 1 atom stereocenters. The van der Waals surface area contributed by atoms with Crippen LogP contribution in [0.15, 0.2) is 67.1 Å². The number of pyridine rings is 1. The molecule has 0 radical (unpaired) electrons. The van der Waals surface area contributed by atoms with E-state index in [4.69, 9.17) is 4.74 Å². The van der Waals surface area contributed by atoms with Gasteiger partial charge < -0.3 is 24.0 Å². The highest BCUT2D eigenvalue weighted by Gasteiger charge is 2.30. The van der Waals surface area contributed by atoms with Crippen LogP contribution in [-0.2, 0) is 24.3 Å². The molecule has 6 rings (SSSR count). The van der Waals surface area contributed by atoms with Crippen LogP contribution < -0.4 is 14.5 Å². The number of anilines is 2. The standard InChI is InChI=1S/C29H32N6O2/c1-21-17-33(14-15-35(21)28(36)19-34-20-31-26-9-5-12-30-29(26)34)27-10-3-6-22-11-13-32(18-25(22)27)23-7-4-8-24(16-23)37-2/h3-10,12,16,20-21H,11,13-15,17-19H2,1-2H3. The molecule has 4 aromatic rings. The lowest BCUT2D eigenvalue weighted by Gasteiger charge is -2.43. The van der Waals surface area contributed by atoms with E-state index < -0.39 is 0 Å². The van der Waals surface area contributed by atoms with E-state index in [9.17, 15) is 4.79 Å². The van der Waals surface area contributed by atoms with Gasteiger partial charge >= 0.3 is 0 Å². The van der Waals surface area contributed by atoms with Gasteiger partial charge in [0.15, 0.2) is 5.65 Å². The summed E-state index contributed by atoms with van der Waals surface area (Å²) < 4.78 is 7.30. The third-order valence-corrected chi connectivity index (χ3v) is 7.64. The molecule has 2 aromatic heterocycles. The summed E-state index contributed by atoms with van der Waals surface area (Å²) in [6, 6.07) is 18.9. The predicted molar refractivity (Wildman–Crippen MR) is 145 cm³/mol. The first-order valence-corrected chi connectivity index (χ1v) is 12.9. The van der Waals surface area contributed by atoms with Crippen molar-refractivity contribution in [2.24, 2.45) is 0 Å². The van der Waals surface area contributed by atoms with Crippen molar-refractivity contribution in [3.63, 3.8) is 0 Å². The molecule has 1 amide bonds. The van der Waals surface area contributed by atoms with Crippen molar-refractivity contribution < 1.29 is 9.53 Å². The number of benzene rings is 2. The van der Waals surface area contributed by atoms with Gasteiger partial charge in [0, 0.05) is 62.4 Å². The van der Waals surface area contributed by atoms with E-state index in [0.29, 0.717) is 6.54 Å². The van der Waals surface area contributed by atoms with Crippen LogP contribution in [0.2, 0.25) is 0 Å². The third kappa shape index (κ3) is 4.48. The minimum Gasteiger partial charge on any atom is -0.497 e. The number of rotatable bonds is 5. The number of piperazine rings is 1. The monoisotopic (exact) mass is 496 g/mol. The number of hydrogen-bond acceptors (Lipinski definition) is 6. The zero-order chi connectivity index (χ0) is 25.4. The Morgan fingerprint density at radius 2 is 1.92 bits per heavy atom. The number of methoxy groups -OCH3 is 1. The van der Waals surface area contributed by atoms with Gasteiger partial charge in [-0.05, 0) is 54.8 Å². The zero-order valence-corrected chi connectivity index (χ0v) is 21.4. The molecule has 0 aliphatic carbocycles. The maximum Gasteiger partial charge on any atom is 0.242 e. The molecule has 1 fully saturated rings. The summed E-state index contributed by atoms with van der Waals surface area (Å²) in [4.78, 5) is 28.9. The van der Waals surface area contributed by atoms with Gasteiger partial charge in [-0.15, -0.1) is 0 Å². The molecule has 0 bridgehead atoms. The molecule has 1 unspecified atom stereocenters. The number of amides is 1. The van der Waals surface area contributed by atoms with Crippen molar-refractivity contribution in [3.8, 4) is 5.75 Å². The van der Waals surface area contributed by atoms with Crippen LogP contribution in [0, 0.1) is 0 Å². The van der Waals surface area contributed by atoms with E-state index in [2.05, 4.69) is 63.1 Å². The molecule has 0 spiro atoms. The minimum atomic E-state index is 0.108. The fourth-order valence-corrected chi connectivity index (χ4v) is 5.68. The quantitative estimate of drug-likeness (QED) is 0.419. The van der Waals surface area contributed by atoms with Crippen molar-refractivity contribution in [1.82, 2.24) is 19.4 Å². The minimum absolute atomic E-state index is 0.108. The molecule has 2 aliphatic rings. The molecule has 2 aliphatic heterocycles.